The van der Waals surface area contributed by atoms with Crippen molar-refractivity contribution in [3.05, 3.63) is 0 Å². The predicted octanol–water partition coefficient (Wildman–Crippen LogP) is -1.58. The first-order valence-electron chi connectivity index (χ1n) is 3.85. The van der Waals surface area contributed by atoms with E-state index in [-0.39, 0.29) is 13.0 Å². The second-order valence-electron chi connectivity index (χ2n) is 3.09. The summed E-state index contributed by atoms with van der Waals surface area (Å²) in [6.45, 7) is 0.125. The molecule has 2 bridgehead atoms. The molecule has 0 spiro atoms. The standard InChI is InChI=1S/C7H10O5/c8-3-2-11-4-1-5(9)12-7(3)6(4)10/h3-4,6-8,10H,1-2H2. The molecule has 2 aliphatic heterocycles. The molecule has 5 nitrogen and oxygen atoms in total. The van der Waals surface area contributed by atoms with Gasteiger partial charge in [-0.05, 0) is 0 Å². The van der Waals surface area contributed by atoms with E-state index in [4.69, 9.17) is 9.47 Å². The van der Waals surface area contributed by atoms with Gasteiger partial charge in [0.05, 0.1) is 19.1 Å². The summed E-state index contributed by atoms with van der Waals surface area (Å²) in [4.78, 5) is 10.8. The second-order valence-corrected chi connectivity index (χ2v) is 3.09. The van der Waals surface area contributed by atoms with Crippen molar-refractivity contribution in [3.8, 4) is 0 Å². The SMILES string of the molecule is O=C1CC2OCC(O)C(O1)C2O. The van der Waals surface area contributed by atoms with Crippen LogP contribution in [0.4, 0.5) is 0 Å². The number of esters is 1. The van der Waals surface area contributed by atoms with Gasteiger partial charge in [-0.15, -0.1) is 0 Å². The molecule has 5 heteroatoms. The van der Waals surface area contributed by atoms with Gasteiger partial charge in [-0.25, -0.2) is 0 Å². The first-order chi connectivity index (χ1) is 5.68. The second kappa shape index (κ2) is 2.69. The van der Waals surface area contributed by atoms with E-state index >= 15 is 0 Å². The lowest BCUT2D eigenvalue weighted by atomic mass is 9.95. The molecule has 0 aromatic rings. The zero-order valence-corrected chi connectivity index (χ0v) is 6.34. The Labute approximate surface area is 68.9 Å². The number of rotatable bonds is 0. The highest BCUT2D eigenvalue weighted by Gasteiger charge is 2.46. The van der Waals surface area contributed by atoms with Crippen molar-refractivity contribution < 1.29 is 24.5 Å². The summed E-state index contributed by atoms with van der Waals surface area (Å²) in [5.41, 5.74) is 0. The van der Waals surface area contributed by atoms with Gasteiger partial charge in [-0.3, -0.25) is 4.79 Å². The minimum absolute atomic E-state index is 0.0738. The number of aliphatic hydroxyl groups is 2. The van der Waals surface area contributed by atoms with Gasteiger partial charge in [-0.2, -0.15) is 0 Å². The van der Waals surface area contributed by atoms with E-state index in [1.807, 2.05) is 0 Å². The topological polar surface area (TPSA) is 76.0 Å². The number of hydrogen-bond acceptors (Lipinski definition) is 5. The summed E-state index contributed by atoms with van der Waals surface area (Å²) in [7, 11) is 0. The highest BCUT2D eigenvalue weighted by atomic mass is 16.6. The Morgan fingerprint density at radius 1 is 1.42 bits per heavy atom. The van der Waals surface area contributed by atoms with Crippen LogP contribution in [0.1, 0.15) is 6.42 Å². The summed E-state index contributed by atoms with van der Waals surface area (Å²) >= 11 is 0. The van der Waals surface area contributed by atoms with E-state index in [1.54, 1.807) is 0 Å². The van der Waals surface area contributed by atoms with E-state index in [9.17, 15) is 15.0 Å². The van der Waals surface area contributed by atoms with Crippen LogP contribution >= 0.6 is 0 Å². The molecule has 2 saturated heterocycles. The van der Waals surface area contributed by atoms with E-state index in [0.29, 0.717) is 0 Å². The van der Waals surface area contributed by atoms with Crippen molar-refractivity contribution in [2.75, 3.05) is 6.61 Å². The Hall–Kier alpha value is -0.650. The van der Waals surface area contributed by atoms with Gasteiger partial charge in [0.1, 0.15) is 12.2 Å². The lowest BCUT2D eigenvalue weighted by Gasteiger charge is -2.40. The third kappa shape index (κ3) is 1.10. The highest BCUT2D eigenvalue weighted by molar-refractivity contribution is 5.71. The van der Waals surface area contributed by atoms with Crippen LogP contribution in [0.5, 0.6) is 0 Å². The largest absolute Gasteiger partial charge is 0.457 e. The number of hydrogen-bond donors (Lipinski definition) is 2. The van der Waals surface area contributed by atoms with Crippen molar-refractivity contribution in [1.82, 2.24) is 0 Å². The highest BCUT2D eigenvalue weighted by Crippen LogP contribution is 2.25. The molecule has 2 N–H and O–H groups in total. The third-order valence-electron chi connectivity index (χ3n) is 2.21. The zero-order chi connectivity index (χ0) is 8.72. The smallest absolute Gasteiger partial charge is 0.308 e. The summed E-state index contributed by atoms with van der Waals surface area (Å²) in [5.74, 6) is -0.422. The molecule has 0 amide bonds. The fourth-order valence-corrected chi connectivity index (χ4v) is 1.55. The Bertz CT molecular complexity index is 204. The van der Waals surface area contributed by atoms with Gasteiger partial charge in [-0.1, -0.05) is 0 Å². The van der Waals surface area contributed by atoms with Crippen LogP contribution in [0.25, 0.3) is 0 Å². The molecule has 0 aliphatic carbocycles. The van der Waals surface area contributed by atoms with Crippen LogP contribution in [-0.2, 0) is 14.3 Å². The zero-order valence-electron chi connectivity index (χ0n) is 6.34. The third-order valence-corrected chi connectivity index (χ3v) is 2.21. The van der Waals surface area contributed by atoms with Gasteiger partial charge >= 0.3 is 5.97 Å². The maximum atomic E-state index is 10.8. The number of fused-ring (bicyclic) bond motifs is 2. The molecule has 68 valence electrons. The lowest BCUT2D eigenvalue weighted by molar-refractivity contribution is -0.231. The van der Waals surface area contributed by atoms with Crippen LogP contribution in [0.3, 0.4) is 0 Å². The summed E-state index contributed by atoms with van der Waals surface area (Å²) in [5, 5.41) is 18.7. The van der Waals surface area contributed by atoms with Gasteiger partial charge < -0.3 is 19.7 Å². The van der Waals surface area contributed by atoms with Gasteiger partial charge in [0, 0.05) is 0 Å². The minimum atomic E-state index is -0.902. The molecule has 0 aromatic carbocycles. The average Bonchev–Trinajstić information content (AvgIpc) is 2.01. The van der Waals surface area contributed by atoms with E-state index in [2.05, 4.69) is 0 Å². The average molecular weight is 174 g/mol. The maximum absolute atomic E-state index is 10.8. The van der Waals surface area contributed by atoms with Gasteiger partial charge in [0.2, 0.25) is 0 Å². The van der Waals surface area contributed by atoms with E-state index in [1.165, 1.54) is 0 Å². The van der Waals surface area contributed by atoms with Crippen molar-refractivity contribution in [2.45, 2.75) is 30.8 Å². The maximum Gasteiger partial charge on any atom is 0.308 e. The van der Waals surface area contributed by atoms with Crippen molar-refractivity contribution in [2.24, 2.45) is 0 Å². The van der Waals surface area contributed by atoms with Crippen molar-refractivity contribution >= 4 is 5.97 Å². The fraction of sp³-hybridized carbons (Fsp3) is 0.857. The Kier molecular flexibility index (Phi) is 1.79. The molecule has 4 unspecified atom stereocenters. The predicted molar refractivity (Wildman–Crippen MR) is 36.3 cm³/mol. The quantitative estimate of drug-likeness (QED) is 0.433. The summed E-state index contributed by atoms with van der Waals surface area (Å²) < 4.78 is 9.81. The number of carbonyl (C=O) groups is 1. The molecule has 2 aliphatic rings. The van der Waals surface area contributed by atoms with Gasteiger partial charge in [0.15, 0.2) is 6.10 Å². The van der Waals surface area contributed by atoms with E-state index < -0.39 is 30.4 Å². The number of aliphatic hydroxyl groups excluding tert-OH is 2. The number of ether oxygens (including phenoxy) is 2. The molecule has 2 rings (SSSR count). The van der Waals surface area contributed by atoms with Crippen molar-refractivity contribution in [3.63, 3.8) is 0 Å². The molecule has 4 atom stereocenters. The molecule has 2 fully saturated rings. The summed E-state index contributed by atoms with van der Waals surface area (Å²) in [6, 6.07) is 0. The van der Waals surface area contributed by atoms with E-state index in [0.717, 1.165) is 0 Å². The van der Waals surface area contributed by atoms with Gasteiger partial charge in [0.25, 0.3) is 0 Å². The number of carbonyl (C=O) groups excluding carboxylic acids is 1. The first kappa shape index (κ1) is 7.97. The fourth-order valence-electron chi connectivity index (χ4n) is 1.55. The van der Waals surface area contributed by atoms with Crippen LogP contribution < -0.4 is 0 Å². The Morgan fingerprint density at radius 2 is 2.17 bits per heavy atom. The Balaban J connectivity index is 2.16. The lowest BCUT2D eigenvalue weighted by Crippen LogP contribution is -2.58. The Morgan fingerprint density at radius 3 is 2.92 bits per heavy atom. The van der Waals surface area contributed by atoms with Crippen molar-refractivity contribution in [1.29, 1.82) is 0 Å². The monoisotopic (exact) mass is 174 g/mol. The first-order valence-corrected chi connectivity index (χ1v) is 3.85. The minimum Gasteiger partial charge on any atom is -0.457 e. The summed E-state index contributed by atoms with van der Waals surface area (Å²) in [6.07, 6.45) is -3.01. The van der Waals surface area contributed by atoms with Crippen LogP contribution in [-0.4, -0.2) is 47.2 Å². The molecular formula is C7H10O5. The van der Waals surface area contributed by atoms with Crippen LogP contribution in [0.15, 0.2) is 0 Å². The molecule has 0 saturated carbocycles. The molecule has 0 radical (unpaired) electrons. The van der Waals surface area contributed by atoms with Crippen LogP contribution in [0, 0.1) is 0 Å². The molecule has 12 heavy (non-hydrogen) atoms. The molecular weight excluding hydrogens is 164 g/mol. The molecule has 0 aromatic heterocycles. The molecule has 2 heterocycles. The van der Waals surface area contributed by atoms with Crippen LogP contribution in [0.2, 0.25) is 0 Å². The normalized spacial score (nSPS) is 47.0.